The normalized spacial score (nSPS) is 15.5. The molecule has 2 aromatic carbocycles. The second-order valence-corrected chi connectivity index (χ2v) is 7.05. The second kappa shape index (κ2) is 8.42. The maximum Gasteiger partial charge on any atom is 0.119 e. The van der Waals surface area contributed by atoms with Crippen LogP contribution >= 0.6 is 11.9 Å². The number of hydrogen-bond donors (Lipinski definition) is 1. The maximum absolute atomic E-state index is 5.23. The van der Waals surface area contributed by atoms with Crippen molar-refractivity contribution in [3.05, 3.63) is 54.1 Å². The quantitative estimate of drug-likeness (QED) is 0.813. The number of rotatable bonds is 6. The molecule has 1 N–H and O–H groups in total. The minimum absolute atomic E-state index is 0.912. The van der Waals surface area contributed by atoms with Gasteiger partial charge in [0.2, 0.25) is 0 Å². The molecule has 2 aromatic rings. The van der Waals surface area contributed by atoms with Crippen LogP contribution in [0.5, 0.6) is 5.75 Å². The van der Waals surface area contributed by atoms with Crippen molar-refractivity contribution in [2.24, 2.45) is 0 Å². The molecule has 0 atom stereocenters. The van der Waals surface area contributed by atoms with Crippen LogP contribution in [-0.2, 0) is 6.54 Å². The third kappa shape index (κ3) is 4.44. The molecule has 128 valence electrons. The molecule has 5 heteroatoms. The molecule has 1 fully saturated rings. The van der Waals surface area contributed by atoms with Gasteiger partial charge in [0, 0.05) is 43.3 Å². The highest BCUT2D eigenvalue weighted by Gasteiger charge is 2.18. The van der Waals surface area contributed by atoms with Gasteiger partial charge in [0.25, 0.3) is 0 Å². The fourth-order valence-electron chi connectivity index (χ4n) is 2.85. The summed E-state index contributed by atoms with van der Waals surface area (Å²) in [6, 6.07) is 17.2. The van der Waals surface area contributed by atoms with E-state index < -0.39 is 0 Å². The Morgan fingerprint density at radius 2 is 1.62 bits per heavy atom. The van der Waals surface area contributed by atoms with Crippen LogP contribution in [0.15, 0.2) is 53.4 Å². The monoisotopic (exact) mass is 343 g/mol. The molecular weight excluding hydrogens is 318 g/mol. The van der Waals surface area contributed by atoms with Gasteiger partial charge in [-0.25, -0.2) is 4.31 Å². The van der Waals surface area contributed by atoms with Crippen LogP contribution in [0.25, 0.3) is 0 Å². The highest BCUT2D eigenvalue weighted by molar-refractivity contribution is 7.97. The van der Waals surface area contributed by atoms with Crippen LogP contribution in [0.1, 0.15) is 5.56 Å². The van der Waals surface area contributed by atoms with Gasteiger partial charge in [-0.1, -0.05) is 12.1 Å². The number of nitrogens with one attached hydrogen (secondary N) is 1. The minimum atomic E-state index is 0.912. The first-order chi connectivity index (χ1) is 11.8. The molecule has 0 spiro atoms. The van der Waals surface area contributed by atoms with Crippen molar-refractivity contribution >= 4 is 17.6 Å². The molecular formula is C19H25N3OS. The molecule has 4 nitrogen and oxygen atoms in total. The molecule has 0 aliphatic carbocycles. The van der Waals surface area contributed by atoms with Crippen LogP contribution in [0.2, 0.25) is 0 Å². The Hall–Kier alpha value is -1.69. The summed E-state index contributed by atoms with van der Waals surface area (Å²) in [4.78, 5) is 3.75. The molecule has 1 aliphatic rings. The van der Waals surface area contributed by atoms with Crippen LogP contribution in [0.4, 0.5) is 5.69 Å². The van der Waals surface area contributed by atoms with E-state index in [2.05, 4.69) is 50.9 Å². The van der Waals surface area contributed by atoms with Gasteiger partial charge in [-0.05, 0) is 61.0 Å². The number of anilines is 1. The molecule has 1 aliphatic heterocycles. The van der Waals surface area contributed by atoms with Crippen LogP contribution in [-0.4, -0.2) is 44.6 Å². The van der Waals surface area contributed by atoms with E-state index in [0.717, 1.165) is 38.5 Å². The minimum Gasteiger partial charge on any atom is -0.497 e. The first-order valence-electron chi connectivity index (χ1n) is 8.34. The first kappa shape index (κ1) is 17.1. The standard InChI is InChI=1S/C19H25N3OS/c1-20-15-16-3-9-19(10-4-16)24-22-13-11-21(12-14-22)17-5-7-18(23-2)8-6-17/h3-10,20H,11-15H2,1-2H3. The van der Waals surface area contributed by atoms with E-state index in [4.69, 9.17) is 4.74 Å². The molecule has 0 radical (unpaired) electrons. The lowest BCUT2D eigenvalue weighted by molar-refractivity contribution is 0.414. The molecule has 0 bridgehead atoms. The van der Waals surface area contributed by atoms with Gasteiger partial charge in [0.15, 0.2) is 0 Å². The number of nitrogens with zero attached hydrogens (tertiary/aromatic N) is 2. The van der Waals surface area contributed by atoms with E-state index in [-0.39, 0.29) is 0 Å². The van der Waals surface area contributed by atoms with Gasteiger partial charge in [0.05, 0.1) is 7.11 Å². The number of benzene rings is 2. The second-order valence-electron chi connectivity index (χ2n) is 5.88. The predicted octanol–water partition coefficient (Wildman–Crippen LogP) is 3.24. The number of methoxy groups -OCH3 is 1. The SMILES string of the molecule is CNCc1ccc(SN2CCN(c3ccc(OC)cc3)CC2)cc1. The lowest BCUT2D eigenvalue weighted by atomic mass is 10.2. The van der Waals surface area contributed by atoms with Gasteiger partial charge < -0.3 is 15.0 Å². The number of piperazine rings is 1. The summed E-state index contributed by atoms with van der Waals surface area (Å²) in [6.45, 7) is 5.16. The average Bonchev–Trinajstić information content (AvgIpc) is 2.64. The zero-order valence-electron chi connectivity index (χ0n) is 14.4. The van der Waals surface area contributed by atoms with Crippen molar-refractivity contribution in [3.8, 4) is 5.75 Å². The van der Waals surface area contributed by atoms with E-state index >= 15 is 0 Å². The van der Waals surface area contributed by atoms with Crippen molar-refractivity contribution < 1.29 is 4.74 Å². The third-order valence-electron chi connectivity index (χ3n) is 4.21. The Morgan fingerprint density at radius 1 is 0.958 bits per heavy atom. The molecule has 24 heavy (non-hydrogen) atoms. The highest BCUT2D eigenvalue weighted by atomic mass is 32.2. The van der Waals surface area contributed by atoms with E-state index in [1.165, 1.54) is 16.1 Å². The van der Waals surface area contributed by atoms with Crippen molar-refractivity contribution in [2.45, 2.75) is 11.4 Å². The Kier molecular flexibility index (Phi) is 6.01. The molecule has 1 heterocycles. The van der Waals surface area contributed by atoms with Gasteiger partial charge in [-0.2, -0.15) is 0 Å². The largest absolute Gasteiger partial charge is 0.497 e. The highest BCUT2D eigenvalue weighted by Crippen LogP contribution is 2.26. The summed E-state index contributed by atoms with van der Waals surface area (Å²) in [7, 11) is 3.68. The van der Waals surface area contributed by atoms with E-state index in [0.29, 0.717) is 0 Å². The third-order valence-corrected chi connectivity index (χ3v) is 5.32. The van der Waals surface area contributed by atoms with Gasteiger partial charge in [-0.3, -0.25) is 0 Å². The van der Waals surface area contributed by atoms with Crippen molar-refractivity contribution in [2.75, 3.05) is 45.2 Å². The van der Waals surface area contributed by atoms with Crippen LogP contribution in [0, 0.1) is 0 Å². The fraction of sp³-hybridized carbons (Fsp3) is 0.368. The van der Waals surface area contributed by atoms with E-state index in [9.17, 15) is 0 Å². The Morgan fingerprint density at radius 3 is 2.21 bits per heavy atom. The Labute approximate surface area is 148 Å². The van der Waals surface area contributed by atoms with Crippen molar-refractivity contribution in [1.82, 2.24) is 9.62 Å². The molecule has 0 aromatic heterocycles. The predicted molar refractivity (Wildman–Crippen MR) is 102 cm³/mol. The van der Waals surface area contributed by atoms with Crippen LogP contribution < -0.4 is 15.0 Å². The van der Waals surface area contributed by atoms with E-state index in [1.54, 1.807) is 7.11 Å². The average molecular weight is 343 g/mol. The smallest absolute Gasteiger partial charge is 0.119 e. The van der Waals surface area contributed by atoms with Gasteiger partial charge in [-0.15, -0.1) is 0 Å². The summed E-state index contributed by atoms with van der Waals surface area (Å²) < 4.78 is 7.68. The summed E-state index contributed by atoms with van der Waals surface area (Å²) in [6.07, 6.45) is 0. The summed E-state index contributed by atoms with van der Waals surface area (Å²) in [5.74, 6) is 0.912. The molecule has 0 unspecified atom stereocenters. The van der Waals surface area contributed by atoms with Crippen molar-refractivity contribution in [3.63, 3.8) is 0 Å². The Balaban J connectivity index is 1.51. The molecule has 0 saturated carbocycles. The summed E-state index contributed by atoms with van der Waals surface area (Å²) >= 11 is 1.86. The topological polar surface area (TPSA) is 27.7 Å². The number of ether oxygens (including phenoxy) is 1. The van der Waals surface area contributed by atoms with Gasteiger partial charge >= 0.3 is 0 Å². The lowest BCUT2D eigenvalue weighted by Gasteiger charge is -2.35. The van der Waals surface area contributed by atoms with Crippen LogP contribution in [0.3, 0.4) is 0 Å². The summed E-state index contributed by atoms with van der Waals surface area (Å²) in [5.41, 5.74) is 2.60. The van der Waals surface area contributed by atoms with Gasteiger partial charge in [0.1, 0.15) is 5.75 Å². The maximum atomic E-state index is 5.23. The molecule has 0 amide bonds. The number of hydrogen-bond acceptors (Lipinski definition) is 5. The summed E-state index contributed by atoms with van der Waals surface area (Å²) in [5, 5.41) is 3.18. The zero-order valence-corrected chi connectivity index (χ0v) is 15.2. The Bertz CT molecular complexity index is 622. The molecule has 1 saturated heterocycles. The molecule has 3 rings (SSSR count). The first-order valence-corrected chi connectivity index (χ1v) is 9.11. The van der Waals surface area contributed by atoms with Crippen molar-refractivity contribution in [1.29, 1.82) is 0 Å². The zero-order chi connectivity index (χ0) is 16.8. The lowest BCUT2D eigenvalue weighted by Crippen LogP contribution is -2.43. The van der Waals surface area contributed by atoms with E-state index in [1.807, 2.05) is 31.1 Å². The fourth-order valence-corrected chi connectivity index (χ4v) is 3.75.